The molecule has 2 aliphatic rings. The Kier molecular flexibility index (Phi) is 6.64. The summed E-state index contributed by atoms with van der Waals surface area (Å²) >= 11 is 1.29. The van der Waals surface area contributed by atoms with E-state index in [-0.39, 0.29) is 18.1 Å². The summed E-state index contributed by atoms with van der Waals surface area (Å²) in [5, 5.41) is 22.2. The largest absolute Gasteiger partial charge is 0.493 e. The number of nitriles is 1. The number of benzene rings is 2. The molecule has 1 fully saturated rings. The van der Waals surface area contributed by atoms with Crippen LogP contribution in [0.25, 0.3) is 0 Å². The van der Waals surface area contributed by atoms with Gasteiger partial charge in [-0.2, -0.15) is 5.26 Å². The minimum Gasteiger partial charge on any atom is -0.493 e. The highest BCUT2D eigenvalue weighted by Gasteiger charge is 2.52. The molecule has 0 saturated carbocycles. The van der Waals surface area contributed by atoms with Crippen molar-refractivity contribution in [2.75, 3.05) is 33.7 Å². The molecule has 0 radical (unpaired) electrons. The Hall–Kier alpha value is -3.35. The molecule has 0 aliphatic carbocycles. The number of fused-ring (bicyclic) bond motifs is 1. The minimum absolute atomic E-state index is 0.0421. The summed E-state index contributed by atoms with van der Waals surface area (Å²) in [6.07, 6.45) is 0.0421. The third-order valence-corrected chi connectivity index (χ3v) is 7.27. The van der Waals surface area contributed by atoms with Gasteiger partial charge < -0.3 is 24.1 Å². The average molecular weight is 483 g/mol. The van der Waals surface area contributed by atoms with Crippen LogP contribution >= 0.6 is 11.8 Å². The minimum atomic E-state index is -1.61. The van der Waals surface area contributed by atoms with Crippen molar-refractivity contribution in [3.8, 4) is 29.1 Å². The quantitative estimate of drug-likeness (QED) is 0.637. The van der Waals surface area contributed by atoms with Gasteiger partial charge in [-0.25, -0.2) is 0 Å². The van der Waals surface area contributed by atoms with Crippen molar-refractivity contribution in [1.82, 2.24) is 4.90 Å². The predicted molar refractivity (Wildman–Crippen MR) is 127 cm³/mol. The van der Waals surface area contributed by atoms with Gasteiger partial charge in [0.25, 0.3) is 0 Å². The molecule has 0 aromatic heterocycles. The number of carbonyl (C=O) groups excluding carboxylic acids is 1. The van der Waals surface area contributed by atoms with Crippen LogP contribution < -0.4 is 18.9 Å². The van der Waals surface area contributed by atoms with Crippen LogP contribution in [0.4, 0.5) is 0 Å². The molecule has 0 bridgehead atoms. The van der Waals surface area contributed by atoms with Crippen LogP contribution in [-0.4, -0.2) is 49.6 Å². The molecule has 2 aliphatic heterocycles. The van der Waals surface area contributed by atoms with Crippen molar-refractivity contribution in [2.24, 2.45) is 0 Å². The van der Waals surface area contributed by atoms with E-state index in [1.165, 1.54) is 30.9 Å². The van der Waals surface area contributed by atoms with Crippen molar-refractivity contribution >= 4 is 17.7 Å². The lowest BCUT2D eigenvalue weighted by Crippen LogP contribution is -2.48. The number of methoxy groups -OCH3 is 3. The van der Waals surface area contributed by atoms with E-state index in [9.17, 15) is 15.2 Å². The first-order chi connectivity index (χ1) is 16.4. The van der Waals surface area contributed by atoms with Gasteiger partial charge in [-0.05, 0) is 36.8 Å². The first kappa shape index (κ1) is 23.8. The number of hydrogen-bond acceptors (Lipinski definition) is 8. The Balaban J connectivity index is 1.77. The first-order valence-corrected chi connectivity index (χ1v) is 11.8. The second-order valence-electron chi connectivity index (χ2n) is 7.83. The van der Waals surface area contributed by atoms with Gasteiger partial charge in [0.15, 0.2) is 28.7 Å². The number of carbonyl (C=O) groups is 1. The fraction of sp³-hybridized carbons (Fsp3) is 0.360. The summed E-state index contributed by atoms with van der Waals surface area (Å²) in [4.78, 5) is 14.8. The number of aliphatic hydroxyl groups is 1. The molecular weight excluding hydrogens is 456 g/mol. The molecule has 2 aromatic rings. The Morgan fingerprint density at radius 2 is 1.76 bits per heavy atom. The molecule has 34 heavy (non-hydrogen) atoms. The van der Waals surface area contributed by atoms with E-state index in [0.29, 0.717) is 45.8 Å². The van der Waals surface area contributed by atoms with Crippen molar-refractivity contribution < 1.29 is 28.8 Å². The number of thioether (sulfide) groups is 1. The Bertz CT molecular complexity index is 1190. The SMILES string of the molecule is CCOc1cc([C@@H]2CC(=O)N3C(=C2C#N)SC[C@]3(O)c2ccc(OC)c(OC)c2)ccc1OC. The Labute approximate surface area is 202 Å². The zero-order chi connectivity index (χ0) is 24.5. The number of allylic oxidation sites excluding steroid dienone is 1. The smallest absolute Gasteiger partial charge is 0.231 e. The van der Waals surface area contributed by atoms with Crippen molar-refractivity contribution in [3.05, 3.63) is 58.1 Å². The van der Waals surface area contributed by atoms with Gasteiger partial charge in [0.1, 0.15) is 0 Å². The lowest BCUT2D eigenvalue weighted by molar-refractivity contribution is -0.149. The molecule has 1 saturated heterocycles. The lowest BCUT2D eigenvalue weighted by atomic mass is 9.85. The highest BCUT2D eigenvalue weighted by atomic mass is 32.2. The molecular formula is C25H26N2O6S. The zero-order valence-corrected chi connectivity index (χ0v) is 20.3. The van der Waals surface area contributed by atoms with E-state index in [4.69, 9.17) is 18.9 Å². The normalized spacial score (nSPS) is 21.7. The van der Waals surface area contributed by atoms with Gasteiger partial charge in [-0.3, -0.25) is 9.69 Å². The van der Waals surface area contributed by atoms with Crippen LogP contribution in [0.3, 0.4) is 0 Å². The van der Waals surface area contributed by atoms with Crippen LogP contribution in [-0.2, 0) is 10.5 Å². The summed E-state index contributed by atoms with van der Waals surface area (Å²) in [6, 6.07) is 12.8. The monoisotopic (exact) mass is 482 g/mol. The average Bonchev–Trinajstić information content (AvgIpc) is 3.22. The molecule has 2 heterocycles. The molecule has 0 spiro atoms. The third-order valence-electron chi connectivity index (χ3n) is 6.05. The second-order valence-corrected chi connectivity index (χ2v) is 8.80. The number of ether oxygens (including phenoxy) is 4. The topological polar surface area (TPSA) is 101 Å². The lowest BCUT2D eigenvalue weighted by Gasteiger charge is -2.38. The van der Waals surface area contributed by atoms with E-state index in [1.807, 2.05) is 19.1 Å². The predicted octanol–water partition coefficient (Wildman–Crippen LogP) is 3.75. The second kappa shape index (κ2) is 9.49. The molecule has 2 aromatic carbocycles. The maximum absolute atomic E-state index is 13.4. The van der Waals surface area contributed by atoms with E-state index in [1.54, 1.807) is 31.4 Å². The molecule has 9 heteroatoms. The zero-order valence-electron chi connectivity index (χ0n) is 19.5. The van der Waals surface area contributed by atoms with Gasteiger partial charge in [0, 0.05) is 17.9 Å². The Morgan fingerprint density at radius 1 is 1.09 bits per heavy atom. The summed E-state index contributed by atoms with van der Waals surface area (Å²) in [5.74, 6) is 1.57. The number of amides is 1. The van der Waals surface area contributed by atoms with E-state index >= 15 is 0 Å². The summed E-state index contributed by atoms with van der Waals surface area (Å²) < 4.78 is 21.7. The molecule has 178 valence electrons. The van der Waals surface area contributed by atoms with Crippen LogP contribution in [0.15, 0.2) is 47.0 Å². The van der Waals surface area contributed by atoms with E-state index in [0.717, 1.165) is 5.56 Å². The molecule has 0 unspecified atom stereocenters. The van der Waals surface area contributed by atoms with Crippen molar-refractivity contribution in [3.63, 3.8) is 0 Å². The fourth-order valence-corrected chi connectivity index (χ4v) is 5.75. The maximum atomic E-state index is 13.4. The molecule has 1 N–H and O–H groups in total. The van der Waals surface area contributed by atoms with Crippen molar-refractivity contribution in [1.29, 1.82) is 5.26 Å². The molecule has 4 rings (SSSR count). The summed E-state index contributed by atoms with van der Waals surface area (Å²) in [6.45, 7) is 2.33. The van der Waals surface area contributed by atoms with Gasteiger partial charge in [-0.1, -0.05) is 12.1 Å². The van der Waals surface area contributed by atoms with Crippen LogP contribution in [0.5, 0.6) is 23.0 Å². The summed E-state index contributed by atoms with van der Waals surface area (Å²) in [7, 11) is 4.60. The third kappa shape index (κ3) is 3.83. The van der Waals surface area contributed by atoms with Gasteiger partial charge in [0.05, 0.1) is 50.4 Å². The number of hydrogen-bond donors (Lipinski definition) is 1. The highest BCUT2D eigenvalue weighted by molar-refractivity contribution is 8.03. The Morgan fingerprint density at radius 3 is 2.41 bits per heavy atom. The van der Waals surface area contributed by atoms with Crippen LogP contribution in [0.1, 0.15) is 30.4 Å². The molecule has 1 amide bonds. The van der Waals surface area contributed by atoms with Gasteiger partial charge in [-0.15, -0.1) is 11.8 Å². The number of nitrogens with zero attached hydrogens (tertiary/aromatic N) is 2. The van der Waals surface area contributed by atoms with Gasteiger partial charge in [0.2, 0.25) is 5.91 Å². The fourth-order valence-electron chi connectivity index (χ4n) is 4.39. The van der Waals surface area contributed by atoms with Gasteiger partial charge >= 0.3 is 0 Å². The van der Waals surface area contributed by atoms with E-state index < -0.39 is 11.6 Å². The highest BCUT2D eigenvalue weighted by Crippen LogP contribution is 2.52. The van der Waals surface area contributed by atoms with E-state index in [2.05, 4.69) is 6.07 Å². The van der Waals surface area contributed by atoms with Crippen molar-refractivity contribution in [2.45, 2.75) is 25.0 Å². The maximum Gasteiger partial charge on any atom is 0.231 e. The van der Waals surface area contributed by atoms with Crippen LogP contribution in [0, 0.1) is 11.3 Å². The standard InChI is InChI=1S/C25H26N2O6S/c1-5-33-22-10-15(6-8-20(22)31-3)17-12-23(28)27-24(18(17)13-26)34-14-25(27,29)16-7-9-19(30-2)21(11-16)32-4/h6-11,17,29H,5,12,14H2,1-4H3/t17-,25-/m0/s1. The summed E-state index contributed by atoms with van der Waals surface area (Å²) in [5.41, 5.74) is 0.0944. The number of rotatable bonds is 7. The van der Waals surface area contributed by atoms with Crippen LogP contribution in [0.2, 0.25) is 0 Å². The molecule has 2 atom stereocenters. The first-order valence-electron chi connectivity index (χ1n) is 10.8. The molecule has 8 nitrogen and oxygen atoms in total.